The second-order valence-corrected chi connectivity index (χ2v) is 6.23. The lowest BCUT2D eigenvalue weighted by atomic mass is 10.2. The van der Waals surface area contributed by atoms with Gasteiger partial charge in [0.25, 0.3) is 10.0 Å². The topological polar surface area (TPSA) is 39.1 Å². The monoisotopic (exact) mass is 283 g/mol. The molecule has 0 aliphatic heterocycles. The number of rotatable bonds is 3. The minimum absolute atomic E-state index is 0.274. The standard InChI is InChI=1S/C16H13NO2S/c1-2-13-12-17(16-11-7-6-10-15(13)16)20(18,19)14-8-4-3-5-9-14/h2-12H,1H2. The van der Waals surface area contributed by atoms with Gasteiger partial charge in [-0.2, -0.15) is 0 Å². The number of hydrogen-bond donors (Lipinski definition) is 0. The molecule has 0 spiro atoms. The fourth-order valence-corrected chi connectivity index (χ4v) is 3.64. The van der Waals surface area contributed by atoms with Crippen LogP contribution in [0.2, 0.25) is 0 Å². The molecule has 0 saturated heterocycles. The Labute approximate surface area is 117 Å². The summed E-state index contributed by atoms with van der Waals surface area (Å²) in [5.41, 5.74) is 1.46. The van der Waals surface area contributed by atoms with Crippen LogP contribution in [0, 0.1) is 0 Å². The summed E-state index contributed by atoms with van der Waals surface area (Å²) in [5, 5.41) is 0.877. The molecule has 0 radical (unpaired) electrons. The molecule has 1 aromatic heterocycles. The van der Waals surface area contributed by atoms with Gasteiger partial charge in [0.1, 0.15) is 0 Å². The molecule has 0 aliphatic rings. The number of nitrogens with zero attached hydrogens (tertiary/aromatic N) is 1. The summed E-state index contributed by atoms with van der Waals surface area (Å²) in [6, 6.07) is 15.8. The van der Waals surface area contributed by atoms with Gasteiger partial charge in [0, 0.05) is 17.1 Å². The molecule has 0 saturated carbocycles. The van der Waals surface area contributed by atoms with Crippen LogP contribution in [-0.4, -0.2) is 12.4 Å². The molecule has 2 aromatic carbocycles. The van der Waals surface area contributed by atoms with Gasteiger partial charge in [-0.05, 0) is 18.2 Å². The average molecular weight is 283 g/mol. The van der Waals surface area contributed by atoms with E-state index in [0.29, 0.717) is 5.52 Å². The summed E-state index contributed by atoms with van der Waals surface area (Å²) >= 11 is 0. The normalized spacial score (nSPS) is 11.6. The third-order valence-electron chi connectivity index (χ3n) is 3.23. The van der Waals surface area contributed by atoms with Gasteiger partial charge in [0.2, 0.25) is 0 Å². The van der Waals surface area contributed by atoms with Crippen molar-refractivity contribution < 1.29 is 8.42 Å². The van der Waals surface area contributed by atoms with E-state index in [2.05, 4.69) is 6.58 Å². The SMILES string of the molecule is C=Cc1cn(S(=O)(=O)c2ccccc2)c2ccccc12. The van der Waals surface area contributed by atoms with Crippen LogP contribution in [0.1, 0.15) is 5.56 Å². The molecule has 4 heteroatoms. The summed E-state index contributed by atoms with van der Waals surface area (Å²) < 4.78 is 26.7. The van der Waals surface area contributed by atoms with Crippen LogP contribution in [0.5, 0.6) is 0 Å². The summed E-state index contributed by atoms with van der Waals surface area (Å²) in [6.07, 6.45) is 3.28. The molecule has 0 amide bonds. The summed E-state index contributed by atoms with van der Waals surface area (Å²) in [4.78, 5) is 0.274. The molecular weight excluding hydrogens is 270 g/mol. The van der Waals surface area contributed by atoms with Crippen LogP contribution in [0.3, 0.4) is 0 Å². The van der Waals surface area contributed by atoms with E-state index in [1.165, 1.54) is 3.97 Å². The lowest BCUT2D eigenvalue weighted by Gasteiger charge is -2.07. The Balaban J connectivity index is 2.33. The maximum atomic E-state index is 12.7. The number of benzene rings is 2. The molecule has 3 nitrogen and oxygen atoms in total. The fourth-order valence-electron chi connectivity index (χ4n) is 2.24. The second-order valence-electron chi connectivity index (χ2n) is 4.42. The number of para-hydroxylation sites is 1. The Hall–Kier alpha value is -2.33. The molecule has 0 unspecified atom stereocenters. The van der Waals surface area contributed by atoms with Crippen molar-refractivity contribution in [3.05, 3.63) is 72.9 Å². The van der Waals surface area contributed by atoms with Crippen molar-refractivity contribution in [2.24, 2.45) is 0 Å². The van der Waals surface area contributed by atoms with Crippen molar-refractivity contribution >= 4 is 27.0 Å². The number of hydrogen-bond acceptors (Lipinski definition) is 2. The van der Waals surface area contributed by atoms with Crippen LogP contribution in [0.4, 0.5) is 0 Å². The highest BCUT2D eigenvalue weighted by molar-refractivity contribution is 7.90. The molecule has 3 aromatic rings. The quantitative estimate of drug-likeness (QED) is 0.737. The van der Waals surface area contributed by atoms with Crippen molar-refractivity contribution in [1.82, 2.24) is 3.97 Å². The molecule has 1 heterocycles. The minimum Gasteiger partial charge on any atom is -0.241 e. The minimum atomic E-state index is -3.59. The van der Waals surface area contributed by atoms with E-state index in [1.54, 1.807) is 48.7 Å². The molecular formula is C16H13NO2S. The van der Waals surface area contributed by atoms with E-state index < -0.39 is 10.0 Å². The van der Waals surface area contributed by atoms with Crippen LogP contribution >= 0.6 is 0 Å². The lowest BCUT2D eigenvalue weighted by Crippen LogP contribution is -2.11. The second kappa shape index (κ2) is 4.65. The highest BCUT2D eigenvalue weighted by atomic mass is 32.2. The van der Waals surface area contributed by atoms with E-state index >= 15 is 0 Å². The Kier molecular flexibility index (Phi) is 2.95. The molecule has 0 atom stereocenters. The van der Waals surface area contributed by atoms with Crippen molar-refractivity contribution in [1.29, 1.82) is 0 Å². The Morgan fingerprint density at radius 3 is 2.30 bits per heavy atom. The maximum Gasteiger partial charge on any atom is 0.268 e. The Morgan fingerprint density at radius 2 is 1.60 bits per heavy atom. The molecule has 20 heavy (non-hydrogen) atoms. The zero-order valence-corrected chi connectivity index (χ0v) is 11.5. The summed E-state index contributed by atoms with van der Waals surface area (Å²) in [7, 11) is -3.59. The molecule has 0 fully saturated rings. The van der Waals surface area contributed by atoms with E-state index in [4.69, 9.17) is 0 Å². The third kappa shape index (κ3) is 1.85. The molecule has 0 bridgehead atoms. The highest BCUT2D eigenvalue weighted by Gasteiger charge is 2.19. The number of fused-ring (bicyclic) bond motifs is 1. The zero-order chi connectivity index (χ0) is 14.2. The Bertz CT molecular complexity index is 877. The van der Waals surface area contributed by atoms with Gasteiger partial charge < -0.3 is 0 Å². The van der Waals surface area contributed by atoms with Crippen LogP contribution in [0.25, 0.3) is 17.0 Å². The van der Waals surface area contributed by atoms with E-state index in [-0.39, 0.29) is 4.90 Å². The predicted octanol–water partition coefficient (Wildman–Crippen LogP) is 3.52. The Morgan fingerprint density at radius 1 is 0.950 bits per heavy atom. The van der Waals surface area contributed by atoms with Gasteiger partial charge in [-0.1, -0.05) is 49.1 Å². The third-order valence-corrected chi connectivity index (χ3v) is 4.92. The van der Waals surface area contributed by atoms with Gasteiger partial charge in [-0.3, -0.25) is 0 Å². The number of aromatic nitrogens is 1. The molecule has 0 aliphatic carbocycles. The predicted molar refractivity (Wildman–Crippen MR) is 81.1 cm³/mol. The first-order valence-corrected chi connectivity index (χ1v) is 7.62. The first-order chi connectivity index (χ1) is 9.64. The van der Waals surface area contributed by atoms with Gasteiger partial charge in [-0.25, -0.2) is 12.4 Å². The largest absolute Gasteiger partial charge is 0.268 e. The molecule has 3 rings (SSSR count). The highest BCUT2D eigenvalue weighted by Crippen LogP contribution is 2.26. The summed E-state index contributed by atoms with van der Waals surface area (Å²) in [5.74, 6) is 0. The van der Waals surface area contributed by atoms with E-state index in [0.717, 1.165) is 10.9 Å². The van der Waals surface area contributed by atoms with E-state index in [1.807, 2.05) is 18.2 Å². The smallest absolute Gasteiger partial charge is 0.241 e. The van der Waals surface area contributed by atoms with Crippen molar-refractivity contribution in [2.45, 2.75) is 4.90 Å². The van der Waals surface area contributed by atoms with E-state index in [9.17, 15) is 8.42 Å². The van der Waals surface area contributed by atoms with Crippen LogP contribution in [-0.2, 0) is 10.0 Å². The molecule has 100 valence electrons. The van der Waals surface area contributed by atoms with Crippen LogP contribution in [0.15, 0.2) is 72.3 Å². The lowest BCUT2D eigenvalue weighted by molar-refractivity contribution is 0.589. The maximum absolute atomic E-state index is 12.7. The fraction of sp³-hybridized carbons (Fsp3) is 0. The van der Waals surface area contributed by atoms with Gasteiger partial charge in [-0.15, -0.1) is 0 Å². The first-order valence-electron chi connectivity index (χ1n) is 6.18. The summed E-state index contributed by atoms with van der Waals surface area (Å²) in [6.45, 7) is 3.74. The average Bonchev–Trinajstić information content (AvgIpc) is 2.88. The van der Waals surface area contributed by atoms with Gasteiger partial charge >= 0.3 is 0 Å². The van der Waals surface area contributed by atoms with Crippen molar-refractivity contribution in [3.63, 3.8) is 0 Å². The van der Waals surface area contributed by atoms with Crippen molar-refractivity contribution in [2.75, 3.05) is 0 Å². The molecule has 0 N–H and O–H groups in total. The van der Waals surface area contributed by atoms with Crippen LogP contribution < -0.4 is 0 Å². The van der Waals surface area contributed by atoms with Crippen molar-refractivity contribution in [3.8, 4) is 0 Å². The first kappa shape index (κ1) is 12.7. The van der Waals surface area contributed by atoms with Gasteiger partial charge in [0.15, 0.2) is 0 Å². The zero-order valence-electron chi connectivity index (χ0n) is 10.7. The van der Waals surface area contributed by atoms with Gasteiger partial charge in [0.05, 0.1) is 10.4 Å².